The third-order valence-corrected chi connectivity index (χ3v) is 2.97. The highest BCUT2D eigenvalue weighted by Crippen LogP contribution is 2.22. The van der Waals surface area contributed by atoms with Crippen LogP contribution in [0.4, 0.5) is 5.82 Å². The molecule has 0 saturated heterocycles. The van der Waals surface area contributed by atoms with Crippen LogP contribution in [-0.4, -0.2) is 23.1 Å². The zero-order chi connectivity index (χ0) is 14.1. The quantitative estimate of drug-likeness (QED) is 0.692. The molecule has 0 saturated carbocycles. The SMILES string of the molecule is CCCNc1ncnc(OCCCC(C)C)c1CC. The van der Waals surface area contributed by atoms with Crippen molar-refractivity contribution in [3.05, 3.63) is 11.9 Å². The lowest BCUT2D eigenvalue weighted by Gasteiger charge is -2.13. The van der Waals surface area contributed by atoms with Gasteiger partial charge in [0.1, 0.15) is 12.1 Å². The molecule has 4 heteroatoms. The van der Waals surface area contributed by atoms with Crippen LogP contribution in [0.25, 0.3) is 0 Å². The summed E-state index contributed by atoms with van der Waals surface area (Å²) in [5.41, 5.74) is 1.08. The Morgan fingerprint density at radius 1 is 1.26 bits per heavy atom. The molecule has 0 fully saturated rings. The Labute approximate surface area is 117 Å². The zero-order valence-electron chi connectivity index (χ0n) is 12.7. The molecule has 1 aromatic rings. The molecule has 0 radical (unpaired) electrons. The Hall–Kier alpha value is -1.32. The number of aromatic nitrogens is 2. The molecule has 0 aliphatic heterocycles. The fourth-order valence-corrected chi connectivity index (χ4v) is 1.90. The van der Waals surface area contributed by atoms with Crippen LogP contribution in [0.1, 0.15) is 52.5 Å². The summed E-state index contributed by atoms with van der Waals surface area (Å²) >= 11 is 0. The van der Waals surface area contributed by atoms with Crippen molar-refractivity contribution in [1.29, 1.82) is 0 Å². The summed E-state index contributed by atoms with van der Waals surface area (Å²) in [4.78, 5) is 8.56. The average molecular weight is 265 g/mol. The first-order valence-electron chi connectivity index (χ1n) is 7.39. The summed E-state index contributed by atoms with van der Waals surface area (Å²) in [5.74, 6) is 2.37. The Morgan fingerprint density at radius 3 is 2.68 bits per heavy atom. The van der Waals surface area contributed by atoms with Crippen LogP contribution in [0.15, 0.2) is 6.33 Å². The smallest absolute Gasteiger partial charge is 0.221 e. The first-order valence-corrected chi connectivity index (χ1v) is 7.39. The predicted octanol–water partition coefficient (Wildman–Crippen LogP) is 3.68. The number of hydrogen-bond donors (Lipinski definition) is 1. The minimum absolute atomic E-state index is 0.724. The molecule has 0 amide bonds. The van der Waals surface area contributed by atoms with E-state index in [9.17, 15) is 0 Å². The van der Waals surface area contributed by atoms with Crippen LogP contribution >= 0.6 is 0 Å². The largest absolute Gasteiger partial charge is 0.477 e. The molecule has 1 N–H and O–H groups in total. The van der Waals surface area contributed by atoms with Crippen molar-refractivity contribution in [3.63, 3.8) is 0 Å². The first-order chi connectivity index (χ1) is 9.19. The molecular weight excluding hydrogens is 238 g/mol. The van der Waals surface area contributed by atoms with Crippen LogP contribution in [0.2, 0.25) is 0 Å². The van der Waals surface area contributed by atoms with Crippen molar-refractivity contribution in [1.82, 2.24) is 9.97 Å². The van der Waals surface area contributed by atoms with Gasteiger partial charge in [0.2, 0.25) is 5.88 Å². The van der Waals surface area contributed by atoms with E-state index in [1.54, 1.807) is 6.33 Å². The lowest BCUT2D eigenvalue weighted by Crippen LogP contribution is -2.09. The Morgan fingerprint density at radius 2 is 2.05 bits per heavy atom. The molecule has 1 aromatic heterocycles. The van der Waals surface area contributed by atoms with E-state index in [0.29, 0.717) is 0 Å². The van der Waals surface area contributed by atoms with Gasteiger partial charge in [0.05, 0.1) is 12.2 Å². The van der Waals surface area contributed by atoms with Gasteiger partial charge < -0.3 is 10.1 Å². The van der Waals surface area contributed by atoms with Crippen LogP contribution in [0, 0.1) is 5.92 Å². The van der Waals surface area contributed by atoms with Gasteiger partial charge in [-0.1, -0.05) is 27.7 Å². The van der Waals surface area contributed by atoms with Gasteiger partial charge in [-0.2, -0.15) is 0 Å². The lowest BCUT2D eigenvalue weighted by atomic mass is 10.1. The zero-order valence-corrected chi connectivity index (χ0v) is 12.7. The fourth-order valence-electron chi connectivity index (χ4n) is 1.90. The third-order valence-electron chi connectivity index (χ3n) is 2.97. The molecule has 0 bridgehead atoms. The number of rotatable bonds is 9. The molecule has 0 aliphatic carbocycles. The summed E-state index contributed by atoms with van der Waals surface area (Å²) in [7, 11) is 0. The highest BCUT2D eigenvalue weighted by atomic mass is 16.5. The fraction of sp³-hybridized carbons (Fsp3) is 0.733. The van der Waals surface area contributed by atoms with Gasteiger partial charge in [-0.15, -0.1) is 0 Å². The molecular formula is C15H27N3O. The van der Waals surface area contributed by atoms with E-state index >= 15 is 0 Å². The monoisotopic (exact) mass is 265 g/mol. The van der Waals surface area contributed by atoms with Gasteiger partial charge >= 0.3 is 0 Å². The molecule has 108 valence electrons. The molecule has 0 unspecified atom stereocenters. The molecule has 0 spiro atoms. The second kappa shape index (κ2) is 8.73. The summed E-state index contributed by atoms with van der Waals surface area (Å²) in [6.07, 6.45) is 5.80. The van der Waals surface area contributed by atoms with Crippen molar-refractivity contribution >= 4 is 5.82 Å². The highest BCUT2D eigenvalue weighted by Gasteiger charge is 2.10. The molecule has 4 nitrogen and oxygen atoms in total. The van der Waals surface area contributed by atoms with E-state index in [1.165, 1.54) is 6.42 Å². The Kier molecular flexibility index (Phi) is 7.23. The number of nitrogens with one attached hydrogen (secondary N) is 1. The van der Waals surface area contributed by atoms with Crippen molar-refractivity contribution < 1.29 is 4.74 Å². The molecule has 0 aliphatic rings. The van der Waals surface area contributed by atoms with Gasteiger partial charge in [0.25, 0.3) is 0 Å². The number of hydrogen-bond acceptors (Lipinski definition) is 4. The molecule has 19 heavy (non-hydrogen) atoms. The number of anilines is 1. The van der Waals surface area contributed by atoms with Gasteiger partial charge in [-0.3, -0.25) is 0 Å². The maximum atomic E-state index is 5.81. The second-order valence-electron chi connectivity index (χ2n) is 5.17. The van der Waals surface area contributed by atoms with E-state index in [4.69, 9.17) is 4.74 Å². The van der Waals surface area contributed by atoms with Crippen molar-refractivity contribution in [2.45, 2.75) is 53.4 Å². The highest BCUT2D eigenvalue weighted by molar-refractivity contribution is 5.48. The summed E-state index contributed by atoms with van der Waals surface area (Å²) < 4.78 is 5.81. The maximum absolute atomic E-state index is 5.81. The molecule has 0 atom stereocenters. The van der Waals surface area contributed by atoms with E-state index in [-0.39, 0.29) is 0 Å². The normalized spacial score (nSPS) is 10.8. The van der Waals surface area contributed by atoms with Crippen molar-refractivity contribution in [2.24, 2.45) is 5.92 Å². The summed E-state index contributed by atoms with van der Waals surface area (Å²) in [5, 5.41) is 3.33. The van der Waals surface area contributed by atoms with Crippen LogP contribution in [-0.2, 0) is 6.42 Å². The van der Waals surface area contributed by atoms with E-state index < -0.39 is 0 Å². The van der Waals surface area contributed by atoms with E-state index in [2.05, 4.69) is 43.0 Å². The minimum Gasteiger partial charge on any atom is -0.477 e. The van der Waals surface area contributed by atoms with Crippen molar-refractivity contribution in [2.75, 3.05) is 18.5 Å². The van der Waals surface area contributed by atoms with Crippen LogP contribution in [0.5, 0.6) is 5.88 Å². The van der Waals surface area contributed by atoms with Crippen LogP contribution < -0.4 is 10.1 Å². The number of ether oxygens (including phenoxy) is 1. The first kappa shape index (κ1) is 15.7. The van der Waals surface area contributed by atoms with Gasteiger partial charge in [0.15, 0.2) is 0 Å². The Bertz CT molecular complexity index is 366. The minimum atomic E-state index is 0.724. The van der Waals surface area contributed by atoms with Gasteiger partial charge in [0, 0.05) is 6.54 Å². The molecule has 1 heterocycles. The standard InChI is InChI=1S/C15H27N3O/c1-5-9-16-14-13(6-2)15(18-11-17-14)19-10-7-8-12(3)4/h11-12H,5-10H2,1-4H3,(H,16,17,18). The topological polar surface area (TPSA) is 47.0 Å². The summed E-state index contributed by atoms with van der Waals surface area (Å²) in [6, 6.07) is 0. The average Bonchev–Trinajstić information content (AvgIpc) is 2.41. The second-order valence-corrected chi connectivity index (χ2v) is 5.17. The Balaban J connectivity index is 2.61. The maximum Gasteiger partial charge on any atom is 0.221 e. The lowest BCUT2D eigenvalue weighted by molar-refractivity contribution is 0.284. The third kappa shape index (κ3) is 5.45. The van der Waals surface area contributed by atoms with Gasteiger partial charge in [-0.25, -0.2) is 9.97 Å². The summed E-state index contributed by atoms with van der Waals surface area (Å²) in [6.45, 7) is 10.4. The predicted molar refractivity (Wildman–Crippen MR) is 79.8 cm³/mol. The van der Waals surface area contributed by atoms with Gasteiger partial charge in [-0.05, 0) is 31.6 Å². The van der Waals surface area contributed by atoms with Crippen molar-refractivity contribution in [3.8, 4) is 5.88 Å². The van der Waals surface area contributed by atoms with E-state index in [0.717, 1.165) is 55.6 Å². The van der Waals surface area contributed by atoms with Crippen LogP contribution in [0.3, 0.4) is 0 Å². The number of nitrogens with zero attached hydrogens (tertiary/aromatic N) is 2. The molecule has 1 rings (SSSR count). The molecule has 0 aromatic carbocycles. The van der Waals surface area contributed by atoms with E-state index in [1.807, 2.05) is 0 Å².